The number of unbranched alkanes of at least 4 members (excludes halogenated alkanes) is 2. The highest BCUT2D eigenvalue weighted by molar-refractivity contribution is 7.99. The fraction of sp³-hybridized carbons (Fsp3) is 0.500. The predicted octanol–water partition coefficient (Wildman–Crippen LogP) is 3.37. The van der Waals surface area contributed by atoms with Crippen molar-refractivity contribution in [3.05, 3.63) is 35.6 Å². The molecule has 0 saturated heterocycles. The van der Waals surface area contributed by atoms with Gasteiger partial charge < -0.3 is 5.32 Å². The second-order valence-corrected chi connectivity index (χ2v) is 5.16. The molecule has 0 heterocycles. The Kier molecular flexibility index (Phi) is 7.49. The molecular weight excluding hydrogens is 249 g/mol. The highest BCUT2D eigenvalue weighted by atomic mass is 32.2. The van der Waals surface area contributed by atoms with E-state index < -0.39 is 0 Å². The lowest BCUT2D eigenvalue weighted by Gasteiger charge is -2.04. The van der Waals surface area contributed by atoms with E-state index in [9.17, 15) is 9.18 Å². The van der Waals surface area contributed by atoms with Gasteiger partial charge in [-0.25, -0.2) is 4.39 Å². The first-order chi connectivity index (χ1) is 8.72. The molecule has 1 rings (SSSR count). The number of halogens is 1. The molecule has 0 aliphatic heterocycles. The van der Waals surface area contributed by atoms with Gasteiger partial charge in [-0.15, -0.1) is 11.8 Å². The van der Waals surface area contributed by atoms with Crippen LogP contribution >= 0.6 is 11.8 Å². The molecule has 0 bridgehead atoms. The number of rotatable bonds is 8. The van der Waals surface area contributed by atoms with Crippen molar-refractivity contribution in [2.24, 2.45) is 0 Å². The van der Waals surface area contributed by atoms with E-state index in [0.717, 1.165) is 37.1 Å². The molecule has 18 heavy (non-hydrogen) atoms. The van der Waals surface area contributed by atoms with Crippen LogP contribution in [0.3, 0.4) is 0 Å². The first-order valence-electron chi connectivity index (χ1n) is 6.31. The van der Waals surface area contributed by atoms with Crippen LogP contribution < -0.4 is 5.32 Å². The van der Waals surface area contributed by atoms with Crippen molar-refractivity contribution in [3.8, 4) is 0 Å². The van der Waals surface area contributed by atoms with Crippen LogP contribution in [0, 0.1) is 5.82 Å². The molecule has 0 atom stereocenters. The smallest absolute Gasteiger partial charge is 0.230 e. The number of hydrogen-bond acceptors (Lipinski definition) is 2. The second kappa shape index (κ2) is 8.97. The predicted molar refractivity (Wildman–Crippen MR) is 75.1 cm³/mol. The molecule has 2 nitrogen and oxygen atoms in total. The Morgan fingerprint density at radius 1 is 1.28 bits per heavy atom. The molecule has 0 unspecified atom stereocenters. The van der Waals surface area contributed by atoms with Crippen LogP contribution in [0.5, 0.6) is 0 Å². The van der Waals surface area contributed by atoms with Crippen molar-refractivity contribution in [2.75, 3.05) is 12.3 Å². The Hall–Kier alpha value is -1.03. The summed E-state index contributed by atoms with van der Waals surface area (Å²) in [4.78, 5) is 11.5. The SMILES string of the molecule is CCCCCNC(=O)CSCc1ccc(F)cc1. The largest absolute Gasteiger partial charge is 0.355 e. The first kappa shape index (κ1) is 15.0. The number of thioether (sulfide) groups is 1. The summed E-state index contributed by atoms with van der Waals surface area (Å²) in [6, 6.07) is 6.39. The lowest BCUT2D eigenvalue weighted by Crippen LogP contribution is -2.26. The summed E-state index contributed by atoms with van der Waals surface area (Å²) in [5, 5.41) is 2.89. The van der Waals surface area contributed by atoms with Crippen molar-refractivity contribution in [1.82, 2.24) is 5.32 Å². The Morgan fingerprint density at radius 3 is 2.67 bits per heavy atom. The second-order valence-electron chi connectivity index (χ2n) is 4.18. The normalized spacial score (nSPS) is 10.3. The van der Waals surface area contributed by atoms with E-state index in [1.807, 2.05) is 0 Å². The maximum Gasteiger partial charge on any atom is 0.230 e. The average Bonchev–Trinajstić information content (AvgIpc) is 2.37. The zero-order valence-electron chi connectivity index (χ0n) is 10.7. The topological polar surface area (TPSA) is 29.1 Å². The maximum atomic E-state index is 12.7. The van der Waals surface area contributed by atoms with Gasteiger partial charge in [-0.05, 0) is 24.1 Å². The van der Waals surface area contributed by atoms with Gasteiger partial charge in [0.25, 0.3) is 0 Å². The zero-order valence-corrected chi connectivity index (χ0v) is 11.6. The minimum Gasteiger partial charge on any atom is -0.355 e. The summed E-state index contributed by atoms with van der Waals surface area (Å²) in [6.07, 6.45) is 3.36. The molecule has 100 valence electrons. The molecule has 0 aliphatic rings. The van der Waals surface area contributed by atoms with E-state index >= 15 is 0 Å². The van der Waals surface area contributed by atoms with Crippen LogP contribution in [0.2, 0.25) is 0 Å². The number of hydrogen-bond donors (Lipinski definition) is 1. The minimum absolute atomic E-state index is 0.0817. The molecule has 0 radical (unpaired) electrons. The Bertz CT molecular complexity index is 353. The number of benzene rings is 1. The number of carbonyl (C=O) groups excluding carboxylic acids is 1. The lowest BCUT2D eigenvalue weighted by atomic mass is 10.2. The third kappa shape index (κ3) is 6.64. The van der Waals surface area contributed by atoms with Gasteiger partial charge in [-0.3, -0.25) is 4.79 Å². The molecule has 1 N–H and O–H groups in total. The summed E-state index contributed by atoms with van der Waals surface area (Å²) in [6.45, 7) is 2.91. The highest BCUT2D eigenvalue weighted by Gasteiger charge is 2.01. The van der Waals surface area contributed by atoms with Gasteiger partial charge in [-0.1, -0.05) is 31.9 Å². The highest BCUT2D eigenvalue weighted by Crippen LogP contribution is 2.12. The van der Waals surface area contributed by atoms with E-state index in [1.54, 1.807) is 23.9 Å². The van der Waals surface area contributed by atoms with Crippen molar-refractivity contribution in [1.29, 1.82) is 0 Å². The fourth-order valence-electron chi connectivity index (χ4n) is 1.50. The van der Waals surface area contributed by atoms with Gasteiger partial charge in [0.2, 0.25) is 5.91 Å². The van der Waals surface area contributed by atoms with Gasteiger partial charge in [0.05, 0.1) is 5.75 Å². The molecular formula is C14H20FNOS. The van der Waals surface area contributed by atoms with Gasteiger partial charge in [-0.2, -0.15) is 0 Å². The van der Waals surface area contributed by atoms with Crippen LogP contribution in [0.1, 0.15) is 31.7 Å². The number of carbonyl (C=O) groups is 1. The lowest BCUT2D eigenvalue weighted by molar-refractivity contribution is -0.118. The van der Waals surface area contributed by atoms with Gasteiger partial charge >= 0.3 is 0 Å². The van der Waals surface area contributed by atoms with Crippen LogP contribution in [-0.4, -0.2) is 18.2 Å². The molecule has 4 heteroatoms. The van der Waals surface area contributed by atoms with Crippen molar-refractivity contribution < 1.29 is 9.18 Å². The summed E-state index contributed by atoms with van der Waals surface area (Å²) in [5.74, 6) is 1.06. The Labute approximate surface area is 112 Å². The molecule has 1 amide bonds. The maximum absolute atomic E-state index is 12.7. The molecule has 0 saturated carbocycles. The van der Waals surface area contributed by atoms with E-state index in [2.05, 4.69) is 12.2 Å². The quantitative estimate of drug-likeness (QED) is 0.733. The van der Waals surface area contributed by atoms with Crippen LogP contribution in [0.15, 0.2) is 24.3 Å². The van der Waals surface area contributed by atoms with E-state index in [1.165, 1.54) is 12.1 Å². The molecule has 1 aromatic carbocycles. The average molecular weight is 269 g/mol. The van der Waals surface area contributed by atoms with Gasteiger partial charge in [0, 0.05) is 12.3 Å². The molecule has 0 aliphatic carbocycles. The van der Waals surface area contributed by atoms with E-state index in [4.69, 9.17) is 0 Å². The standard InChI is InChI=1S/C14H20FNOS/c1-2-3-4-9-16-14(17)11-18-10-12-5-7-13(15)8-6-12/h5-8H,2-4,9-11H2,1H3,(H,16,17). The number of amides is 1. The van der Waals surface area contributed by atoms with E-state index in [0.29, 0.717) is 5.75 Å². The summed E-state index contributed by atoms with van der Waals surface area (Å²) >= 11 is 1.55. The van der Waals surface area contributed by atoms with Gasteiger partial charge in [0.15, 0.2) is 0 Å². The summed E-state index contributed by atoms with van der Waals surface area (Å²) < 4.78 is 12.7. The van der Waals surface area contributed by atoms with Crippen LogP contribution in [0.25, 0.3) is 0 Å². The summed E-state index contributed by atoms with van der Waals surface area (Å²) in [7, 11) is 0. The zero-order chi connectivity index (χ0) is 13.2. The van der Waals surface area contributed by atoms with Crippen molar-refractivity contribution >= 4 is 17.7 Å². The summed E-state index contributed by atoms with van der Waals surface area (Å²) in [5.41, 5.74) is 1.04. The molecule has 0 aromatic heterocycles. The monoisotopic (exact) mass is 269 g/mol. The minimum atomic E-state index is -0.225. The third-order valence-corrected chi connectivity index (χ3v) is 3.52. The third-order valence-electron chi connectivity index (χ3n) is 2.52. The fourth-order valence-corrected chi connectivity index (χ4v) is 2.31. The number of nitrogens with one attached hydrogen (secondary N) is 1. The van der Waals surface area contributed by atoms with Crippen molar-refractivity contribution in [2.45, 2.75) is 31.9 Å². The van der Waals surface area contributed by atoms with Crippen molar-refractivity contribution in [3.63, 3.8) is 0 Å². The van der Waals surface area contributed by atoms with Crippen LogP contribution in [0.4, 0.5) is 4.39 Å². The molecule has 0 fully saturated rings. The van der Waals surface area contributed by atoms with E-state index in [-0.39, 0.29) is 11.7 Å². The Morgan fingerprint density at radius 2 is 2.00 bits per heavy atom. The first-order valence-corrected chi connectivity index (χ1v) is 7.46. The Balaban J connectivity index is 2.10. The molecule has 0 spiro atoms. The van der Waals surface area contributed by atoms with Gasteiger partial charge in [0.1, 0.15) is 5.82 Å². The van der Waals surface area contributed by atoms with Crippen LogP contribution in [-0.2, 0) is 10.5 Å². The molecule has 1 aromatic rings.